The molecule has 2 aliphatic rings. The van der Waals surface area contributed by atoms with Gasteiger partial charge in [0.05, 0.1) is 25.4 Å². The zero-order chi connectivity index (χ0) is 29.6. The minimum atomic E-state index is -2.15. The van der Waals surface area contributed by atoms with Crippen molar-refractivity contribution < 1.29 is 37.6 Å². The lowest BCUT2D eigenvalue weighted by Gasteiger charge is -2.40. The van der Waals surface area contributed by atoms with E-state index in [1.807, 2.05) is 66.7 Å². The average molecular weight is 593 g/mol. The van der Waals surface area contributed by atoms with Gasteiger partial charge in [-0.05, 0) is 42.9 Å². The fraction of sp³-hybridized carbons (Fsp3) is 0.424. The van der Waals surface area contributed by atoms with Gasteiger partial charge in [0.1, 0.15) is 31.0 Å². The topological polar surface area (TPSA) is 81.7 Å². The predicted molar refractivity (Wildman–Crippen MR) is 159 cm³/mol. The second-order valence-corrected chi connectivity index (χ2v) is 16.0. The molecule has 2 fully saturated rings. The van der Waals surface area contributed by atoms with E-state index in [2.05, 4.69) is 19.6 Å². The summed E-state index contributed by atoms with van der Waals surface area (Å²) in [6.45, 7) is 7.22. The summed E-state index contributed by atoms with van der Waals surface area (Å²) < 4.78 is 44.6. The fourth-order valence-corrected chi connectivity index (χ4v) is 6.61. The van der Waals surface area contributed by atoms with Crippen LogP contribution in [0.25, 0.3) is 0 Å². The number of ether oxygens (including phenoxy) is 6. The van der Waals surface area contributed by atoms with Gasteiger partial charge in [-0.15, -0.1) is 0 Å². The zero-order valence-electron chi connectivity index (χ0n) is 24.6. The van der Waals surface area contributed by atoms with E-state index in [-0.39, 0.29) is 19.8 Å². The van der Waals surface area contributed by atoms with Crippen LogP contribution in [0, 0.1) is 0 Å². The summed E-state index contributed by atoms with van der Waals surface area (Å²) in [6, 6.07) is 28.8. The van der Waals surface area contributed by atoms with Crippen LogP contribution in [0.4, 0.5) is 0 Å². The van der Waals surface area contributed by atoms with Crippen LogP contribution in [0.2, 0.25) is 19.6 Å². The lowest BCUT2D eigenvalue weighted by molar-refractivity contribution is -0.193. The van der Waals surface area contributed by atoms with E-state index in [0.29, 0.717) is 12.2 Å². The van der Waals surface area contributed by atoms with E-state index in [0.717, 1.165) is 11.1 Å². The Kier molecular flexibility index (Phi) is 9.90. The largest absolute Gasteiger partial charge is 0.459 e. The molecule has 0 radical (unpaired) electrons. The molecule has 0 unspecified atom stereocenters. The minimum absolute atomic E-state index is 0.0560. The summed E-state index contributed by atoms with van der Waals surface area (Å²) in [6.07, 6.45) is -3.14. The van der Waals surface area contributed by atoms with E-state index < -0.39 is 50.6 Å². The molecule has 2 aliphatic heterocycles. The summed E-state index contributed by atoms with van der Waals surface area (Å²) in [5.74, 6) is -0.442. The maximum absolute atomic E-state index is 13.0. The lowest BCUT2D eigenvalue weighted by atomic mass is 9.86. The van der Waals surface area contributed by atoms with Crippen LogP contribution >= 0.6 is 0 Å². The van der Waals surface area contributed by atoms with Crippen molar-refractivity contribution in [1.82, 2.24) is 0 Å². The highest BCUT2D eigenvalue weighted by molar-refractivity contribution is 6.69. The third-order valence-electron chi connectivity index (χ3n) is 7.41. The third-order valence-corrected chi connectivity index (χ3v) is 8.37. The first-order valence-corrected chi connectivity index (χ1v) is 17.7. The smallest absolute Gasteiger partial charge is 0.338 e. The minimum Gasteiger partial charge on any atom is -0.459 e. The molecule has 2 saturated heterocycles. The molecule has 42 heavy (non-hydrogen) atoms. The summed E-state index contributed by atoms with van der Waals surface area (Å²) in [4.78, 5) is 13.0. The number of carbonyl (C=O) groups excluding carboxylic acids is 1. The van der Waals surface area contributed by atoms with Gasteiger partial charge in [0.25, 0.3) is 0 Å². The molecule has 5 rings (SSSR count). The molecule has 0 bridgehead atoms. The first kappa shape index (κ1) is 30.6. The van der Waals surface area contributed by atoms with Gasteiger partial charge < -0.3 is 32.8 Å². The van der Waals surface area contributed by atoms with Gasteiger partial charge in [0.15, 0.2) is 20.2 Å². The van der Waals surface area contributed by atoms with Crippen LogP contribution in [0.1, 0.15) is 21.5 Å². The van der Waals surface area contributed by atoms with Crippen molar-refractivity contribution in [3.8, 4) is 0 Å². The molecule has 0 N–H and O–H groups in total. The molecule has 3 aromatic rings. The Morgan fingerprint density at radius 2 is 1.40 bits per heavy atom. The fourth-order valence-electron chi connectivity index (χ4n) is 5.55. The molecule has 0 spiro atoms. The quantitative estimate of drug-likeness (QED) is 0.194. The van der Waals surface area contributed by atoms with Gasteiger partial charge in [0, 0.05) is 7.11 Å². The third kappa shape index (κ3) is 7.00. The first-order valence-electron chi connectivity index (χ1n) is 14.3. The van der Waals surface area contributed by atoms with E-state index in [9.17, 15) is 4.79 Å². The molecule has 2 heterocycles. The Hall–Kier alpha value is -2.89. The van der Waals surface area contributed by atoms with Gasteiger partial charge in [0.2, 0.25) is 0 Å². The normalized spacial score (nSPS) is 27.1. The number of benzene rings is 3. The molecule has 8 nitrogen and oxygen atoms in total. The van der Waals surface area contributed by atoms with Gasteiger partial charge in [-0.25, -0.2) is 4.79 Å². The summed E-state index contributed by atoms with van der Waals surface area (Å²) in [5, 5.41) is 0. The van der Waals surface area contributed by atoms with Crippen molar-refractivity contribution in [3.63, 3.8) is 0 Å². The van der Waals surface area contributed by atoms with Crippen LogP contribution in [0.5, 0.6) is 0 Å². The Labute approximate surface area is 248 Å². The van der Waals surface area contributed by atoms with Gasteiger partial charge >= 0.3 is 5.97 Å². The second kappa shape index (κ2) is 13.6. The molecule has 6 atom stereocenters. The lowest BCUT2D eigenvalue weighted by Crippen LogP contribution is -2.60. The first-order chi connectivity index (χ1) is 20.3. The highest BCUT2D eigenvalue weighted by atomic mass is 28.4. The van der Waals surface area contributed by atoms with Crippen molar-refractivity contribution in [1.29, 1.82) is 0 Å². The molecule has 0 aromatic heterocycles. The highest BCUT2D eigenvalue weighted by Gasteiger charge is 2.70. The van der Waals surface area contributed by atoms with E-state index in [1.54, 1.807) is 31.4 Å². The Morgan fingerprint density at radius 1 is 0.810 bits per heavy atom. The molecular formula is C33H40O8Si. The molecule has 3 aromatic carbocycles. The molecule has 0 amide bonds. The number of rotatable bonds is 13. The van der Waals surface area contributed by atoms with Crippen molar-refractivity contribution in [3.05, 3.63) is 108 Å². The van der Waals surface area contributed by atoms with E-state index in [4.69, 9.17) is 32.8 Å². The second-order valence-electron chi connectivity index (χ2n) is 11.6. The Morgan fingerprint density at radius 3 is 2.00 bits per heavy atom. The van der Waals surface area contributed by atoms with Gasteiger partial charge in [-0.2, -0.15) is 0 Å². The summed E-state index contributed by atoms with van der Waals surface area (Å²) >= 11 is 0. The van der Waals surface area contributed by atoms with Crippen molar-refractivity contribution >= 4 is 14.3 Å². The van der Waals surface area contributed by atoms with Crippen LogP contribution in [-0.2, 0) is 46.1 Å². The molecule has 0 aliphatic carbocycles. The maximum atomic E-state index is 13.0. The number of methoxy groups -OCH3 is 1. The number of esters is 1. The van der Waals surface area contributed by atoms with Crippen molar-refractivity contribution in [2.45, 2.75) is 69.2 Å². The number of hydrogen-bond acceptors (Lipinski definition) is 8. The Balaban J connectivity index is 1.45. The average Bonchev–Trinajstić information content (AvgIpc) is 3.46. The van der Waals surface area contributed by atoms with Crippen molar-refractivity contribution in [2.24, 2.45) is 0 Å². The monoisotopic (exact) mass is 592 g/mol. The molecular weight excluding hydrogens is 552 g/mol. The zero-order valence-corrected chi connectivity index (χ0v) is 25.6. The molecule has 9 heteroatoms. The van der Waals surface area contributed by atoms with Gasteiger partial charge in [-0.1, -0.05) is 78.9 Å². The Bertz CT molecular complexity index is 1270. The summed E-state index contributed by atoms with van der Waals surface area (Å²) in [7, 11) is -0.548. The van der Waals surface area contributed by atoms with E-state index >= 15 is 0 Å². The maximum Gasteiger partial charge on any atom is 0.338 e. The van der Waals surface area contributed by atoms with E-state index in [1.165, 1.54) is 0 Å². The number of fused-ring (bicyclic) bond motifs is 1. The predicted octanol–water partition coefficient (Wildman–Crippen LogP) is 5.37. The van der Waals surface area contributed by atoms with Gasteiger partial charge in [-0.3, -0.25) is 0 Å². The number of hydrogen-bond donors (Lipinski definition) is 0. The highest BCUT2D eigenvalue weighted by Crippen LogP contribution is 2.49. The SMILES string of the molecule is CO[C@@H]1O[C@@H]2[C@@H](COCc3ccccc3)O[C@@H](COC(=O)c3ccccc3)[C@]2(OCc2ccccc2)[C@@H]1O[Si](C)(C)C. The molecule has 224 valence electrons. The standard InChI is InChI=1S/C33H40O8Si/c1-35-32-30(41-42(2,3)4)33(38-21-25-16-10-6-11-17-25)28(23-37-31(34)26-18-12-7-13-19-26)39-27(29(33)40-32)22-36-20-24-14-8-5-9-15-24/h5-19,27-30,32H,20-23H2,1-4H3/t27-,28+,29-,30-,32-,33-/m1/s1. The van der Waals surface area contributed by atoms with Crippen LogP contribution in [0.3, 0.4) is 0 Å². The van der Waals surface area contributed by atoms with Crippen LogP contribution < -0.4 is 0 Å². The van der Waals surface area contributed by atoms with Crippen LogP contribution in [-0.4, -0.2) is 70.9 Å². The van der Waals surface area contributed by atoms with Crippen LogP contribution in [0.15, 0.2) is 91.0 Å². The van der Waals surface area contributed by atoms with Crippen molar-refractivity contribution in [2.75, 3.05) is 20.3 Å². The molecule has 0 saturated carbocycles. The summed E-state index contributed by atoms with van der Waals surface area (Å²) in [5.41, 5.74) is 1.37. The number of carbonyl (C=O) groups is 1.